The number of nitrogens with one attached hydrogen (secondary N) is 1. The van der Waals surface area contributed by atoms with Gasteiger partial charge in [0.05, 0.1) is 9.22 Å². The highest BCUT2D eigenvalue weighted by Crippen LogP contribution is 2.34. The van der Waals surface area contributed by atoms with Gasteiger partial charge in [-0.2, -0.15) is 13.2 Å². The molecule has 1 saturated carbocycles. The predicted molar refractivity (Wildman–Crippen MR) is 136 cm³/mol. The van der Waals surface area contributed by atoms with Gasteiger partial charge in [0.1, 0.15) is 19.3 Å². The van der Waals surface area contributed by atoms with E-state index in [0.29, 0.717) is 21.6 Å². The van der Waals surface area contributed by atoms with E-state index in [4.69, 9.17) is 9.47 Å². The highest BCUT2D eigenvalue weighted by Gasteiger charge is 2.30. The minimum Gasteiger partial charge on any atom is -0.462 e. The molecule has 0 bridgehead atoms. The van der Waals surface area contributed by atoms with E-state index in [0.717, 1.165) is 36.8 Å². The smallest absolute Gasteiger partial charge is 0.406 e. The Bertz CT molecular complexity index is 1020. The van der Waals surface area contributed by atoms with E-state index >= 15 is 0 Å². The second-order valence-corrected chi connectivity index (χ2v) is 10.1. The predicted octanol–water partition coefficient (Wildman–Crippen LogP) is 6.44. The van der Waals surface area contributed by atoms with Gasteiger partial charge in [-0.1, -0.05) is 19.9 Å². The number of carbonyl (C=O) groups is 2. The number of aromatic nitrogens is 1. The van der Waals surface area contributed by atoms with Crippen molar-refractivity contribution < 1.29 is 32.2 Å². The number of anilines is 1. The number of halogens is 4. The van der Waals surface area contributed by atoms with Crippen molar-refractivity contribution in [1.82, 2.24) is 4.57 Å². The van der Waals surface area contributed by atoms with Crippen LogP contribution in [0, 0.1) is 9.62 Å². The van der Waals surface area contributed by atoms with Gasteiger partial charge in [-0.25, -0.2) is 0 Å². The van der Waals surface area contributed by atoms with E-state index in [-0.39, 0.29) is 37.4 Å². The summed E-state index contributed by atoms with van der Waals surface area (Å²) in [5.41, 5.74) is 1.40. The molecule has 1 aliphatic carbocycles. The second kappa shape index (κ2) is 12.3. The monoisotopic (exact) mass is 608 g/mol. The number of hydrogen-bond acceptors (Lipinski definition) is 5. The number of carbonyl (C=O) groups excluding carboxylic acids is 2. The maximum absolute atomic E-state index is 13.0. The summed E-state index contributed by atoms with van der Waals surface area (Å²) in [5.74, 6) is -0.283. The largest absolute Gasteiger partial charge is 0.462 e. The van der Waals surface area contributed by atoms with Crippen molar-refractivity contribution in [2.45, 2.75) is 83.7 Å². The number of nitrogens with zero attached hydrogens (tertiary/aromatic N) is 1. The molecule has 0 amide bonds. The lowest BCUT2D eigenvalue weighted by atomic mass is 9.82. The molecule has 1 aliphatic rings. The average molecular weight is 608 g/mol. The average Bonchev–Trinajstić information content (AvgIpc) is 3.13. The number of ether oxygens (including phenoxy) is 2. The first kappa shape index (κ1) is 27.6. The molecule has 1 heterocycles. The highest BCUT2D eigenvalue weighted by atomic mass is 127. The minimum absolute atomic E-state index is 0.0755. The molecule has 0 radical (unpaired) electrons. The lowest BCUT2D eigenvalue weighted by Gasteiger charge is -2.31. The summed E-state index contributed by atoms with van der Waals surface area (Å²) in [6, 6.07) is 7.40. The Labute approximate surface area is 217 Å². The van der Waals surface area contributed by atoms with Crippen molar-refractivity contribution in [3.8, 4) is 0 Å². The second-order valence-electron chi connectivity index (χ2n) is 9.01. The Morgan fingerprint density at radius 1 is 1.14 bits per heavy atom. The standard InChI is InChI=1S/C25H32F3IN2O4/c1-3-23(32)34-14-18(35-24(33)4-2)12-16-8-10-17(11-9-16)30-20-6-5-7-21-19(20)13-22(29)31(21)15-25(26,27)28/h5-7,13,16-18,30H,3-4,8-12,14-15H2,1-2H3. The van der Waals surface area contributed by atoms with Gasteiger partial charge < -0.3 is 19.4 Å². The number of rotatable bonds is 10. The lowest BCUT2D eigenvalue weighted by Crippen LogP contribution is -2.31. The van der Waals surface area contributed by atoms with Gasteiger partial charge in [0.15, 0.2) is 0 Å². The van der Waals surface area contributed by atoms with Crippen LogP contribution in [0.5, 0.6) is 0 Å². The van der Waals surface area contributed by atoms with E-state index in [1.807, 2.05) is 28.7 Å². The molecule has 1 unspecified atom stereocenters. The Morgan fingerprint density at radius 2 is 1.83 bits per heavy atom. The molecular weight excluding hydrogens is 576 g/mol. The summed E-state index contributed by atoms with van der Waals surface area (Å²) >= 11 is 1.95. The molecule has 194 valence electrons. The first-order chi connectivity index (χ1) is 16.6. The lowest BCUT2D eigenvalue weighted by molar-refractivity contribution is -0.159. The topological polar surface area (TPSA) is 69.6 Å². The van der Waals surface area contributed by atoms with Crippen LogP contribution in [0.3, 0.4) is 0 Å². The Balaban J connectivity index is 1.60. The van der Waals surface area contributed by atoms with E-state index in [9.17, 15) is 22.8 Å². The zero-order valence-corrected chi connectivity index (χ0v) is 22.2. The summed E-state index contributed by atoms with van der Waals surface area (Å²) < 4.78 is 51.7. The third-order valence-electron chi connectivity index (χ3n) is 6.34. The van der Waals surface area contributed by atoms with Crippen molar-refractivity contribution in [1.29, 1.82) is 0 Å². The van der Waals surface area contributed by atoms with E-state index in [1.54, 1.807) is 32.0 Å². The number of esters is 2. The van der Waals surface area contributed by atoms with E-state index in [1.165, 1.54) is 4.57 Å². The zero-order chi connectivity index (χ0) is 25.6. The maximum Gasteiger partial charge on any atom is 0.406 e. The molecule has 35 heavy (non-hydrogen) atoms. The Kier molecular flexibility index (Phi) is 9.71. The molecule has 2 aromatic rings. The Hall–Kier alpha value is -1.98. The van der Waals surface area contributed by atoms with Crippen LogP contribution in [0.4, 0.5) is 18.9 Å². The molecule has 1 fully saturated rings. The molecular formula is C25H32F3IN2O4. The number of fused-ring (bicyclic) bond motifs is 1. The van der Waals surface area contributed by atoms with Gasteiger partial charge >= 0.3 is 18.1 Å². The maximum atomic E-state index is 13.0. The molecule has 1 N–H and O–H groups in total. The summed E-state index contributed by atoms with van der Waals surface area (Å²) in [6.07, 6.45) is 0.0759. The summed E-state index contributed by atoms with van der Waals surface area (Å²) in [6.45, 7) is 2.51. The van der Waals surface area contributed by atoms with Crippen LogP contribution >= 0.6 is 22.6 Å². The normalized spacial score (nSPS) is 19.4. The highest BCUT2D eigenvalue weighted by molar-refractivity contribution is 14.1. The van der Waals surface area contributed by atoms with Gasteiger partial charge in [-0.15, -0.1) is 0 Å². The Morgan fingerprint density at radius 3 is 2.46 bits per heavy atom. The quantitative estimate of drug-likeness (QED) is 0.248. The summed E-state index contributed by atoms with van der Waals surface area (Å²) in [4.78, 5) is 23.3. The molecule has 1 aromatic carbocycles. The first-order valence-electron chi connectivity index (χ1n) is 12.1. The van der Waals surface area contributed by atoms with Crippen LogP contribution in [0.1, 0.15) is 58.8 Å². The minimum atomic E-state index is -4.29. The van der Waals surface area contributed by atoms with Crippen LogP contribution in [0.2, 0.25) is 0 Å². The van der Waals surface area contributed by atoms with E-state index in [2.05, 4.69) is 5.32 Å². The molecule has 0 saturated heterocycles. The third kappa shape index (κ3) is 8.01. The molecule has 1 aromatic heterocycles. The number of hydrogen-bond donors (Lipinski definition) is 1. The van der Waals surface area contributed by atoms with Gasteiger partial charge in [0, 0.05) is 30.0 Å². The SMILES string of the molecule is CCC(=O)OCC(CC1CCC(Nc2cccc3c2cc(I)n3CC(F)(F)F)CC1)OC(=O)CC. The molecule has 1 atom stereocenters. The van der Waals surface area contributed by atoms with Crippen molar-refractivity contribution >= 4 is 51.1 Å². The fraction of sp³-hybridized carbons (Fsp3) is 0.600. The fourth-order valence-electron chi connectivity index (χ4n) is 4.56. The van der Waals surface area contributed by atoms with Crippen molar-refractivity contribution in [3.05, 3.63) is 28.0 Å². The van der Waals surface area contributed by atoms with Crippen molar-refractivity contribution in [2.24, 2.45) is 5.92 Å². The molecule has 0 spiro atoms. The van der Waals surface area contributed by atoms with Crippen molar-refractivity contribution in [2.75, 3.05) is 11.9 Å². The first-order valence-corrected chi connectivity index (χ1v) is 13.1. The molecule has 0 aliphatic heterocycles. The number of benzene rings is 1. The zero-order valence-electron chi connectivity index (χ0n) is 20.0. The van der Waals surface area contributed by atoms with Crippen LogP contribution < -0.4 is 5.32 Å². The van der Waals surface area contributed by atoms with Gasteiger partial charge in [-0.05, 0) is 78.8 Å². The molecule has 6 nitrogen and oxygen atoms in total. The van der Waals surface area contributed by atoms with Crippen molar-refractivity contribution in [3.63, 3.8) is 0 Å². The fourth-order valence-corrected chi connectivity index (χ4v) is 5.30. The number of alkyl halides is 3. The van der Waals surface area contributed by atoms with Crippen LogP contribution in [0.25, 0.3) is 10.9 Å². The summed E-state index contributed by atoms with van der Waals surface area (Å²) in [5, 5.41) is 4.32. The molecule has 3 rings (SSSR count). The molecule has 10 heteroatoms. The van der Waals surface area contributed by atoms with Crippen LogP contribution in [0.15, 0.2) is 24.3 Å². The summed E-state index contributed by atoms with van der Waals surface area (Å²) in [7, 11) is 0. The van der Waals surface area contributed by atoms with Gasteiger partial charge in [0.2, 0.25) is 0 Å². The van der Waals surface area contributed by atoms with E-state index < -0.39 is 18.8 Å². The van der Waals surface area contributed by atoms with Gasteiger partial charge in [0.25, 0.3) is 0 Å². The van der Waals surface area contributed by atoms with Crippen LogP contribution in [-0.4, -0.2) is 41.4 Å². The third-order valence-corrected chi connectivity index (χ3v) is 7.23. The van der Waals surface area contributed by atoms with Crippen LogP contribution in [-0.2, 0) is 25.6 Å². The van der Waals surface area contributed by atoms with Gasteiger partial charge in [-0.3, -0.25) is 9.59 Å².